The first-order chi connectivity index (χ1) is 9.16. The van der Waals surface area contributed by atoms with Crippen LogP contribution in [-0.2, 0) is 17.6 Å². The quantitative estimate of drug-likeness (QED) is 0.845. The van der Waals surface area contributed by atoms with Gasteiger partial charge in [-0.05, 0) is 42.0 Å². The van der Waals surface area contributed by atoms with Gasteiger partial charge in [-0.3, -0.25) is 4.79 Å². The molecule has 2 nitrogen and oxygen atoms in total. The fourth-order valence-corrected chi connectivity index (χ4v) is 2.96. The average molecular weight is 252 g/mol. The summed E-state index contributed by atoms with van der Waals surface area (Å²) in [4.78, 5) is 11.7. The molecule has 0 amide bonds. The molecular formula is C17H16O2. The van der Waals surface area contributed by atoms with Gasteiger partial charge in [0.05, 0.1) is 0 Å². The Balaban J connectivity index is 2.25. The van der Waals surface area contributed by atoms with Crippen molar-refractivity contribution in [1.29, 1.82) is 0 Å². The lowest BCUT2D eigenvalue weighted by atomic mass is 9.87. The van der Waals surface area contributed by atoms with E-state index in [9.17, 15) is 9.90 Å². The Morgan fingerprint density at radius 1 is 1.05 bits per heavy atom. The van der Waals surface area contributed by atoms with Gasteiger partial charge >= 0.3 is 5.97 Å². The van der Waals surface area contributed by atoms with Gasteiger partial charge in [-0.1, -0.05) is 48.0 Å². The van der Waals surface area contributed by atoms with Crippen molar-refractivity contribution >= 4 is 5.97 Å². The molecule has 0 saturated heterocycles. The minimum atomic E-state index is -0.763. The molecule has 0 bridgehead atoms. The number of hydrogen-bond acceptors (Lipinski definition) is 1. The molecule has 0 heterocycles. The molecule has 1 N–H and O–H groups in total. The number of carbonyl (C=O) groups is 1. The predicted octanol–water partition coefficient (Wildman–Crippen LogP) is 3.31. The van der Waals surface area contributed by atoms with Gasteiger partial charge in [0.25, 0.3) is 0 Å². The number of carboxylic acids is 1. The third-order valence-corrected chi connectivity index (χ3v) is 3.89. The van der Waals surface area contributed by atoms with Crippen LogP contribution in [0.2, 0.25) is 0 Å². The van der Waals surface area contributed by atoms with Crippen LogP contribution in [0.1, 0.15) is 33.7 Å². The van der Waals surface area contributed by atoms with Crippen LogP contribution in [0.25, 0.3) is 0 Å². The number of rotatable bonds is 1. The average Bonchev–Trinajstić information content (AvgIpc) is 2.54. The molecular weight excluding hydrogens is 236 g/mol. The lowest BCUT2D eigenvalue weighted by Gasteiger charge is -2.16. The normalized spacial score (nSPS) is 17.2. The first-order valence-electron chi connectivity index (χ1n) is 6.57. The first-order valence-corrected chi connectivity index (χ1v) is 6.57. The summed E-state index contributed by atoms with van der Waals surface area (Å²) in [6, 6.07) is 14.1. The zero-order valence-electron chi connectivity index (χ0n) is 10.9. The van der Waals surface area contributed by atoms with Gasteiger partial charge in [-0.15, -0.1) is 0 Å². The fourth-order valence-electron chi connectivity index (χ4n) is 2.96. The number of fused-ring (bicyclic) bond motifs is 2. The SMILES string of the molecule is Cc1ccc2c(c1)C(C(=O)O)c1ccccc1CC2. The summed E-state index contributed by atoms with van der Waals surface area (Å²) in [7, 11) is 0. The first kappa shape index (κ1) is 12.0. The van der Waals surface area contributed by atoms with Gasteiger partial charge in [0.1, 0.15) is 5.92 Å². The minimum Gasteiger partial charge on any atom is -0.481 e. The van der Waals surface area contributed by atoms with Crippen molar-refractivity contribution in [3.8, 4) is 0 Å². The Hall–Kier alpha value is -2.09. The van der Waals surface area contributed by atoms with Crippen LogP contribution in [0.4, 0.5) is 0 Å². The number of benzene rings is 2. The maximum absolute atomic E-state index is 11.7. The Morgan fingerprint density at radius 3 is 2.47 bits per heavy atom. The second-order valence-corrected chi connectivity index (χ2v) is 5.17. The second-order valence-electron chi connectivity index (χ2n) is 5.17. The molecule has 3 rings (SSSR count). The molecule has 1 aliphatic carbocycles. The zero-order valence-corrected chi connectivity index (χ0v) is 10.9. The summed E-state index contributed by atoms with van der Waals surface area (Å²) < 4.78 is 0. The topological polar surface area (TPSA) is 37.3 Å². The Morgan fingerprint density at radius 2 is 1.74 bits per heavy atom. The highest BCUT2D eigenvalue weighted by Crippen LogP contribution is 2.34. The number of aryl methyl sites for hydroxylation is 3. The lowest BCUT2D eigenvalue weighted by molar-refractivity contribution is -0.137. The predicted molar refractivity (Wildman–Crippen MR) is 74.5 cm³/mol. The van der Waals surface area contributed by atoms with Crippen LogP contribution in [0.15, 0.2) is 42.5 Å². The molecule has 0 fully saturated rings. The highest BCUT2D eigenvalue weighted by molar-refractivity contribution is 5.82. The van der Waals surface area contributed by atoms with E-state index in [1.807, 2.05) is 37.3 Å². The molecule has 1 unspecified atom stereocenters. The standard InChI is InChI=1S/C17H16O2/c1-11-6-7-13-9-8-12-4-2-3-5-14(12)16(17(18)19)15(13)10-11/h2-7,10,16H,8-9H2,1H3,(H,18,19). The van der Waals surface area contributed by atoms with Crippen molar-refractivity contribution in [3.05, 3.63) is 70.3 Å². The van der Waals surface area contributed by atoms with Crippen molar-refractivity contribution in [2.75, 3.05) is 0 Å². The Labute approximate surface area is 112 Å². The summed E-state index contributed by atoms with van der Waals surface area (Å²) in [6.07, 6.45) is 1.83. The fraction of sp³-hybridized carbons (Fsp3) is 0.235. The van der Waals surface area contributed by atoms with E-state index < -0.39 is 11.9 Å². The summed E-state index contributed by atoms with van der Waals surface area (Å²) in [5, 5.41) is 9.65. The number of carboxylic acid groups (broad SMARTS) is 1. The van der Waals surface area contributed by atoms with Crippen LogP contribution in [0.3, 0.4) is 0 Å². The summed E-state index contributed by atoms with van der Waals surface area (Å²) in [5.41, 5.74) is 5.33. The molecule has 96 valence electrons. The van der Waals surface area contributed by atoms with Crippen LogP contribution < -0.4 is 0 Å². The van der Waals surface area contributed by atoms with Gasteiger partial charge in [0.15, 0.2) is 0 Å². The summed E-state index contributed by atoms with van der Waals surface area (Å²) >= 11 is 0. The maximum Gasteiger partial charge on any atom is 0.315 e. The number of aliphatic carboxylic acids is 1. The van der Waals surface area contributed by atoms with Crippen molar-refractivity contribution in [3.63, 3.8) is 0 Å². The van der Waals surface area contributed by atoms with Crippen LogP contribution in [-0.4, -0.2) is 11.1 Å². The van der Waals surface area contributed by atoms with Crippen LogP contribution in [0.5, 0.6) is 0 Å². The van der Waals surface area contributed by atoms with E-state index in [0.717, 1.165) is 40.7 Å². The van der Waals surface area contributed by atoms with Crippen molar-refractivity contribution < 1.29 is 9.90 Å². The van der Waals surface area contributed by atoms with Gasteiger partial charge in [0.2, 0.25) is 0 Å². The van der Waals surface area contributed by atoms with E-state index in [0.29, 0.717) is 0 Å². The molecule has 19 heavy (non-hydrogen) atoms. The van der Waals surface area contributed by atoms with Crippen LogP contribution >= 0.6 is 0 Å². The van der Waals surface area contributed by atoms with E-state index in [1.54, 1.807) is 0 Å². The summed E-state index contributed by atoms with van der Waals surface area (Å²) in [5.74, 6) is -1.30. The van der Waals surface area contributed by atoms with Crippen LogP contribution in [0, 0.1) is 6.92 Å². The largest absolute Gasteiger partial charge is 0.481 e. The van der Waals surface area contributed by atoms with Crippen molar-refractivity contribution in [2.45, 2.75) is 25.7 Å². The molecule has 1 aliphatic rings. The van der Waals surface area contributed by atoms with Gasteiger partial charge in [0, 0.05) is 0 Å². The molecule has 1 atom stereocenters. The van der Waals surface area contributed by atoms with Gasteiger partial charge in [-0.2, -0.15) is 0 Å². The molecule has 0 aromatic heterocycles. The lowest BCUT2D eigenvalue weighted by Crippen LogP contribution is -2.14. The Kier molecular flexibility index (Phi) is 2.86. The van der Waals surface area contributed by atoms with E-state index in [2.05, 4.69) is 12.1 Å². The Bertz CT molecular complexity index is 643. The highest BCUT2D eigenvalue weighted by Gasteiger charge is 2.28. The van der Waals surface area contributed by atoms with Crippen molar-refractivity contribution in [1.82, 2.24) is 0 Å². The minimum absolute atomic E-state index is 0.534. The maximum atomic E-state index is 11.7. The third-order valence-electron chi connectivity index (χ3n) is 3.89. The van der Waals surface area contributed by atoms with Crippen molar-refractivity contribution in [2.24, 2.45) is 0 Å². The van der Waals surface area contributed by atoms with Gasteiger partial charge < -0.3 is 5.11 Å². The van der Waals surface area contributed by atoms with E-state index in [1.165, 1.54) is 0 Å². The molecule has 0 aliphatic heterocycles. The molecule has 2 heteroatoms. The second kappa shape index (κ2) is 4.54. The molecule has 0 saturated carbocycles. The molecule has 0 spiro atoms. The molecule has 2 aromatic carbocycles. The van der Waals surface area contributed by atoms with E-state index in [-0.39, 0.29) is 0 Å². The summed E-state index contributed by atoms with van der Waals surface area (Å²) in [6.45, 7) is 2.01. The van der Waals surface area contributed by atoms with Gasteiger partial charge in [-0.25, -0.2) is 0 Å². The van der Waals surface area contributed by atoms with E-state index >= 15 is 0 Å². The highest BCUT2D eigenvalue weighted by atomic mass is 16.4. The number of hydrogen-bond donors (Lipinski definition) is 1. The molecule has 2 aromatic rings. The molecule has 0 radical (unpaired) electrons. The third kappa shape index (κ3) is 2.03. The van der Waals surface area contributed by atoms with E-state index in [4.69, 9.17) is 0 Å². The smallest absolute Gasteiger partial charge is 0.315 e. The zero-order chi connectivity index (χ0) is 13.4. The monoisotopic (exact) mass is 252 g/mol.